The molecule has 0 amide bonds. The van der Waals surface area contributed by atoms with E-state index in [0.717, 1.165) is 0 Å². The Hall–Kier alpha value is -0.950. The van der Waals surface area contributed by atoms with Crippen molar-refractivity contribution in [2.24, 2.45) is 0 Å². The average Bonchev–Trinajstić information content (AvgIpc) is 2.01. The summed E-state index contributed by atoms with van der Waals surface area (Å²) in [7, 11) is 0.781. The van der Waals surface area contributed by atoms with Gasteiger partial charge in [-0.1, -0.05) is 0 Å². The first-order chi connectivity index (χ1) is 6.32. The lowest BCUT2D eigenvalue weighted by molar-refractivity contribution is 0.149. The molecule has 0 saturated heterocycles. The molecule has 14 heavy (non-hydrogen) atoms. The molecule has 0 aromatic carbocycles. The molecule has 0 aliphatic carbocycles. The molecule has 8 heteroatoms. The summed E-state index contributed by atoms with van der Waals surface area (Å²) >= 11 is 0. The fraction of sp³-hybridized carbons (Fsp3) is 0.167. The number of halogens is 3. The van der Waals surface area contributed by atoms with Crippen LogP contribution in [0.3, 0.4) is 0 Å². The molecule has 0 aliphatic heterocycles. The van der Waals surface area contributed by atoms with Crippen LogP contribution < -0.4 is 5.43 Å². The van der Waals surface area contributed by atoms with E-state index in [1.165, 1.54) is 0 Å². The van der Waals surface area contributed by atoms with E-state index in [1.807, 2.05) is 4.98 Å². The SMILES string of the molecule is O=c1cc(S(=O)(=O)Cl)[nH]cc1C(F)F. The summed E-state index contributed by atoms with van der Waals surface area (Å²) in [5.74, 6) is 0. The van der Waals surface area contributed by atoms with Crippen LogP contribution in [0.1, 0.15) is 12.0 Å². The monoisotopic (exact) mass is 243 g/mol. The summed E-state index contributed by atoms with van der Waals surface area (Å²) in [6.07, 6.45) is -2.33. The molecule has 78 valence electrons. The van der Waals surface area contributed by atoms with Crippen molar-refractivity contribution in [3.63, 3.8) is 0 Å². The van der Waals surface area contributed by atoms with Gasteiger partial charge < -0.3 is 4.98 Å². The van der Waals surface area contributed by atoms with Gasteiger partial charge in [0, 0.05) is 22.9 Å². The molecule has 1 heterocycles. The highest BCUT2D eigenvalue weighted by Crippen LogP contribution is 2.15. The Morgan fingerprint density at radius 1 is 1.43 bits per heavy atom. The lowest BCUT2D eigenvalue weighted by atomic mass is 10.3. The number of nitrogens with one attached hydrogen (secondary N) is 1. The molecule has 1 N–H and O–H groups in total. The summed E-state index contributed by atoms with van der Waals surface area (Å²) in [5.41, 5.74) is -1.87. The summed E-state index contributed by atoms with van der Waals surface area (Å²) in [4.78, 5) is 12.9. The molecule has 4 nitrogen and oxygen atoms in total. The van der Waals surface area contributed by atoms with Crippen LogP contribution in [-0.4, -0.2) is 13.4 Å². The van der Waals surface area contributed by atoms with Crippen LogP contribution in [0.2, 0.25) is 0 Å². The van der Waals surface area contributed by atoms with Gasteiger partial charge in [-0.3, -0.25) is 4.79 Å². The van der Waals surface area contributed by atoms with Gasteiger partial charge in [0.1, 0.15) is 0 Å². The maximum Gasteiger partial charge on any atom is 0.276 e. The van der Waals surface area contributed by atoms with E-state index < -0.39 is 31.5 Å². The van der Waals surface area contributed by atoms with Gasteiger partial charge in [0.05, 0.1) is 5.56 Å². The molecule has 1 rings (SSSR count). The minimum absolute atomic E-state index is 0.518. The second kappa shape index (κ2) is 3.66. The smallest absolute Gasteiger partial charge is 0.276 e. The number of pyridine rings is 1. The molecular formula is C6H4ClF2NO3S. The quantitative estimate of drug-likeness (QED) is 0.795. The number of aromatic amines is 1. The van der Waals surface area contributed by atoms with E-state index in [1.54, 1.807) is 0 Å². The van der Waals surface area contributed by atoms with Crippen LogP contribution in [0.5, 0.6) is 0 Å². The third kappa shape index (κ3) is 2.30. The average molecular weight is 244 g/mol. The van der Waals surface area contributed by atoms with Crippen molar-refractivity contribution >= 4 is 19.7 Å². The largest absolute Gasteiger partial charge is 0.351 e. The molecule has 0 fully saturated rings. The molecule has 0 unspecified atom stereocenters. The van der Waals surface area contributed by atoms with E-state index in [-0.39, 0.29) is 0 Å². The summed E-state index contributed by atoms with van der Waals surface area (Å²) < 4.78 is 45.5. The van der Waals surface area contributed by atoms with Gasteiger partial charge in [-0.25, -0.2) is 17.2 Å². The van der Waals surface area contributed by atoms with Crippen molar-refractivity contribution in [2.75, 3.05) is 0 Å². The Morgan fingerprint density at radius 2 is 2.00 bits per heavy atom. The predicted octanol–water partition coefficient (Wildman–Crippen LogP) is 1.24. The first-order valence-corrected chi connectivity index (χ1v) is 5.59. The van der Waals surface area contributed by atoms with Gasteiger partial charge in [-0.2, -0.15) is 0 Å². The van der Waals surface area contributed by atoms with Crippen LogP contribution in [0.25, 0.3) is 0 Å². The van der Waals surface area contributed by atoms with Crippen LogP contribution in [0.4, 0.5) is 8.78 Å². The number of hydrogen-bond donors (Lipinski definition) is 1. The third-order valence-corrected chi connectivity index (χ3v) is 2.67. The molecule has 0 atom stereocenters. The van der Waals surface area contributed by atoms with Crippen LogP contribution in [0, 0.1) is 0 Å². The minimum Gasteiger partial charge on any atom is -0.351 e. The van der Waals surface area contributed by atoms with E-state index in [0.29, 0.717) is 12.3 Å². The first kappa shape index (κ1) is 11.1. The molecule has 0 spiro atoms. The first-order valence-electron chi connectivity index (χ1n) is 3.28. The van der Waals surface area contributed by atoms with Crippen molar-refractivity contribution in [3.8, 4) is 0 Å². The number of alkyl halides is 2. The van der Waals surface area contributed by atoms with Gasteiger partial charge in [0.25, 0.3) is 15.5 Å². The zero-order valence-electron chi connectivity index (χ0n) is 6.50. The standard InChI is InChI=1S/C6H4ClF2NO3S/c7-14(12,13)5-1-4(11)3(2-10-5)6(8)9/h1-2,6H,(H,10,11). The lowest BCUT2D eigenvalue weighted by Gasteiger charge is -1.99. The van der Waals surface area contributed by atoms with Gasteiger partial charge >= 0.3 is 0 Å². The van der Waals surface area contributed by atoms with Gasteiger partial charge in [-0.05, 0) is 0 Å². The van der Waals surface area contributed by atoms with Gasteiger partial charge in [0.2, 0.25) is 0 Å². The van der Waals surface area contributed by atoms with Crippen molar-refractivity contribution in [1.29, 1.82) is 0 Å². The summed E-state index contributed by atoms with van der Waals surface area (Å²) in [6.45, 7) is 0. The summed E-state index contributed by atoms with van der Waals surface area (Å²) in [6, 6.07) is 0.518. The maximum absolute atomic E-state index is 12.1. The minimum atomic E-state index is -4.10. The second-order valence-corrected chi connectivity index (χ2v) is 4.89. The number of H-pyrrole nitrogens is 1. The zero-order chi connectivity index (χ0) is 10.9. The highest BCUT2D eigenvalue weighted by Gasteiger charge is 2.16. The summed E-state index contributed by atoms with van der Waals surface area (Å²) in [5, 5.41) is -0.603. The fourth-order valence-corrected chi connectivity index (χ4v) is 1.49. The normalized spacial score (nSPS) is 12.0. The van der Waals surface area contributed by atoms with Crippen molar-refractivity contribution in [3.05, 3.63) is 28.0 Å². The molecular weight excluding hydrogens is 240 g/mol. The molecule has 1 aromatic heterocycles. The van der Waals surface area contributed by atoms with Crippen LogP contribution in [-0.2, 0) is 9.05 Å². The highest BCUT2D eigenvalue weighted by atomic mass is 35.7. The van der Waals surface area contributed by atoms with Crippen molar-refractivity contribution < 1.29 is 17.2 Å². The van der Waals surface area contributed by atoms with E-state index in [9.17, 15) is 22.0 Å². The topological polar surface area (TPSA) is 67.0 Å². The Labute approximate surface area is 81.9 Å². The second-order valence-electron chi connectivity index (χ2n) is 2.36. The molecule has 1 aromatic rings. The van der Waals surface area contributed by atoms with Crippen LogP contribution >= 0.6 is 10.7 Å². The Bertz CT molecular complexity index is 496. The van der Waals surface area contributed by atoms with Gasteiger partial charge in [-0.15, -0.1) is 0 Å². The van der Waals surface area contributed by atoms with Crippen molar-refractivity contribution in [1.82, 2.24) is 4.98 Å². The van der Waals surface area contributed by atoms with E-state index in [2.05, 4.69) is 0 Å². The van der Waals surface area contributed by atoms with Crippen LogP contribution in [0.15, 0.2) is 22.1 Å². The highest BCUT2D eigenvalue weighted by molar-refractivity contribution is 8.13. The number of rotatable bonds is 2. The predicted molar refractivity (Wildman–Crippen MR) is 45.1 cm³/mol. The van der Waals surface area contributed by atoms with E-state index >= 15 is 0 Å². The van der Waals surface area contributed by atoms with Gasteiger partial charge in [0.15, 0.2) is 10.5 Å². The molecule has 0 bridgehead atoms. The molecule has 0 saturated carbocycles. The van der Waals surface area contributed by atoms with E-state index in [4.69, 9.17) is 10.7 Å². The molecule has 0 aliphatic rings. The zero-order valence-corrected chi connectivity index (χ0v) is 8.07. The Balaban J connectivity index is 3.35. The lowest BCUT2D eigenvalue weighted by Crippen LogP contribution is -2.11. The Morgan fingerprint density at radius 3 is 2.36 bits per heavy atom. The third-order valence-electron chi connectivity index (χ3n) is 1.41. The molecule has 0 radical (unpaired) electrons. The maximum atomic E-state index is 12.1. The Kier molecular flexibility index (Phi) is 2.91. The number of aromatic nitrogens is 1. The number of hydrogen-bond acceptors (Lipinski definition) is 3. The van der Waals surface area contributed by atoms with Crippen molar-refractivity contribution in [2.45, 2.75) is 11.5 Å². The fourth-order valence-electron chi connectivity index (χ4n) is 0.775.